The third kappa shape index (κ3) is 2.68. The van der Waals surface area contributed by atoms with Gasteiger partial charge in [-0.2, -0.15) is 0 Å². The number of phenols is 1. The van der Waals surface area contributed by atoms with Gasteiger partial charge in [0.2, 0.25) is 0 Å². The molecule has 0 spiro atoms. The van der Waals surface area contributed by atoms with Crippen molar-refractivity contribution in [2.75, 3.05) is 6.61 Å². The smallest absolute Gasteiger partial charge is 0.118 e. The first kappa shape index (κ1) is 13.7. The first-order chi connectivity index (χ1) is 7.86. The van der Waals surface area contributed by atoms with Gasteiger partial charge in [-0.15, -0.1) is 6.58 Å². The molecule has 0 amide bonds. The number of hydrogen-bond donors (Lipinski definition) is 3. The Hall–Kier alpha value is -1.32. The van der Waals surface area contributed by atoms with Crippen molar-refractivity contribution in [1.82, 2.24) is 0 Å². The van der Waals surface area contributed by atoms with E-state index >= 15 is 0 Å². The van der Waals surface area contributed by atoms with Crippen molar-refractivity contribution < 1.29 is 15.3 Å². The van der Waals surface area contributed by atoms with E-state index in [1.165, 1.54) is 0 Å². The van der Waals surface area contributed by atoms with Crippen LogP contribution in [0.2, 0.25) is 0 Å². The summed E-state index contributed by atoms with van der Waals surface area (Å²) >= 11 is 0. The fourth-order valence-corrected chi connectivity index (χ4v) is 1.65. The highest BCUT2D eigenvalue weighted by atomic mass is 16.3. The molecule has 1 aromatic rings. The number of aromatic hydroxyl groups is 1. The molecule has 0 fully saturated rings. The lowest BCUT2D eigenvalue weighted by molar-refractivity contribution is -0.0815. The molecule has 3 heteroatoms. The minimum atomic E-state index is -1.34. The second-order valence-corrected chi connectivity index (χ2v) is 4.92. The molecule has 3 N–H and O–H groups in total. The number of aliphatic hydroxyl groups is 2. The zero-order valence-corrected chi connectivity index (χ0v) is 10.3. The number of rotatable bonds is 5. The Bertz CT molecular complexity index is 398. The van der Waals surface area contributed by atoms with Crippen LogP contribution in [0.4, 0.5) is 0 Å². The quantitative estimate of drug-likeness (QED) is 0.684. The van der Waals surface area contributed by atoms with E-state index < -0.39 is 11.0 Å². The molecule has 17 heavy (non-hydrogen) atoms. The summed E-state index contributed by atoms with van der Waals surface area (Å²) in [5, 5.41) is 29.6. The minimum Gasteiger partial charge on any atom is -0.508 e. The molecule has 3 nitrogen and oxygen atoms in total. The molecule has 0 bridgehead atoms. The Morgan fingerprint density at radius 3 is 2.35 bits per heavy atom. The van der Waals surface area contributed by atoms with E-state index in [9.17, 15) is 15.3 Å². The number of aliphatic hydroxyl groups excluding tert-OH is 1. The summed E-state index contributed by atoms with van der Waals surface area (Å²) in [6.45, 7) is 6.89. The van der Waals surface area contributed by atoms with Gasteiger partial charge in [0, 0.05) is 11.8 Å². The number of benzene rings is 1. The number of hydrogen-bond acceptors (Lipinski definition) is 3. The van der Waals surface area contributed by atoms with E-state index in [-0.39, 0.29) is 18.8 Å². The van der Waals surface area contributed by atoms with Gasteiger partial charge in [-0.1, -0.05) is 38.1 Å². The van der Waals surface area contributed by atoms with Gasteiger partial charge in [-0.25, -0.2) is 0 Å². The standard InChI is InChI=1S/C14H20O3/c1-4-13(2,3)14(17,10-15)9-11-7-5-6-8-12(11)16/h4-8,15-17H,1,9-10H2,2-3H3. The van der Waals surface area contributed by atoms with Gasteiger partial charge in [0.25, 0.3) is 0 Å². The summed E-state index contributed by atoms with van der Waals surface area (Å²) in [5.41, 5.74) is -1.38. The van der Waals surface area contributed by atoms with Crippen molar-refractivity contribution in [3.63, 3.8) is 0 Å². The van der Waals surface area contributed by atoms with Crippen LogP contribution in [-0.4, -0.2) is 27.5 Å². The van der Waals surface area contributed by atoms with Crippen LogP contribution in [0, 0.1) is 5.41 Å². The average molecular weight is 236 g/mol. The van der Waals surface area contributed by atoms with Gasteiger partial charge in [0.1, 0.15) is 11.4 Å². The molecular weight excluding hydrogens is 216 g/mol. The maximum absolute atomic E-state index is 10.5. The summed E-state index contributed by atoms with van der Waals surface area (Å²) in [7, 11) is 0. The summed E-state index contributed by atoms with van der Waals surface area (Å²) in [5.74, 6) is 0.124. The molecule has 0 heterocycles. The normalized spacial score (nSPS) is 15.3. The fourth-order valence-electron chi connectivity index (χ4n) is 1.65. The van der Waals surface area contributed by atoms with E-state index in [2.05, 4.69) is 6.58 Å². The molecule has 0 aromatic heterocycles. The first-order valence-electron chi connectivity index (χ1n) is 5.60. The van der Waals surface area contributed by atoms with Gasteiger partial charge < -0.3 is 15.3 Å². The van der Waals surface area contributed by atoms with Crippen LogP contribution >= 0.6 is 0 Å². The molecule has 1 rings (SSSR count). The predicted octanol–water partition coefficient (Wildman–Crippen LogP) is 1.87. The number of phenolic OH excluding ortho intramolecular Hbond substituents is 1. The summed E-state index contributed by atoms with van der Waals surface area (Å²) < 4.78 is 0. The van der Waals surface area contributed by atoms with Crippen LogP contribution < -0.4 is 0 Å². The topological polar surface area (TPSA) is 60.7 Å². The Kier molecular flexibility index (Phi) is 3.96. The van der Waals surface area contributed by atoms with Gasteiger partial charge >= 0.3 is 0 Å². The van der Waals surface area contributed by atoms with Crippen LogP contribution in [0.5, 0.6) is 5.75 Å². The average Bonchev–Trinajstić information content (AvgIpc) is 2.31. The second-order valence-electron chi connectivity index (χ2n) is 4.92. The molecule has 1 unspecified atom stereocenters. The van der Waals surface area contributed by atoms with Gasteiger partial charge in [-0.05, 0) is 11.6 Å². The largest absolute Gasteiger partial charge is 0.508 e. The third-order valence-corrected chi connectivity index (χ3v) is 3.45. The second kappa shape index (κ2) is 4.90. The van der Waals surface area contributed by atoms with Crippen molar-refractivity contribution in [3.05, 3.63) is 42.5 Å². The highest BCUT2D eigenvalue weighted by molar-refractivity contribution is 5.33. The molecule has 0 aliphatic heterocycles. The highest BCUT2D eigenvalue weighted by Gasteiger charge is 2.41. The van der Waals surface area contributed by atoms with Crippen molar-refractivity contribution >= 4 is 0 Å². The van der Waals surface area contributed by atoms with E-state index in [0.717, 1.165) is 0 Å². The van der Waals surface area contributed by atoms with E-state index in [4.69, 9.17) is 0 Å². The van der Waals surface area contributed by atoms with Crippen molar-refractivity contribution in [2.45, 2.75) is 25.9 Å². The lowest BCUT2D eigenvalue weighted by Gasteiger charge is -2.39. The fraction of sp³-hybridized carbons (Fsp3) is 0.429. The monoisotopic (exact) mass is 236 g/mol. The molecule has 0 radical (unpaired) electrons. The molecular formula is C14H20O3. The Labute approximate surface area is 102 Å². The number of para-hydroxylation sites is 1. The van der Waals surface area contributed by atoms with Crippen LogP contribution in [0.1, 0.15) is 19.4 Å². The van der Waals surface area contributed by atoms with Crippen molar-refractivity contribution in [2.24, 2.45) is 5.41 Å². The van der Waals surface area contributed by atoms with E-state index in [1.807, 2.05) is 0 Å². The lowest BCUT2D eigenvalue weighted by Crippen LogP contribution is -2.48. The molecule has 0 aliphatic rings. The molecule has 0 saturated carbocycles. The Morgan fingerprint density at radius 2 is 1.88 bits per heavy atom. The van der Waals surface area contributed by atoms with Crippen LogP contribution in [-0.2, 0) is 6.42 Å². The molecule has 1 atom stereocenters. The minimum absolute atomic E-state index is 0.124. The Balaban J connectivity index is 3.06. The summed E-state index contributed by atoms with van der Waals surface area (Å²) in [4.78, 5) is 0. The summed E-state index contributed by atoms with van der Waals surface area (Å²) in [6, 6.07) is 6.80. The predicted molar refractivity (Wildman–Crippen MR) is 67.8 cm³/mol. The maximum atomic E-state index is 10.5. The maximum Gasteiger partial charge on any atom is 0.118 e. The highest BCUT2D eigenvalue weighted by Crippen LogP contribution is 2.36. The zero-order chi connectivity index (χ0) is 13.1. The van der Waals surface area contributed by atoms with Crippen LogP contribution in [0.25, 0.3) is 0 Å². The van der Waals surface area contributed by atoms with Crippen molar-refractivity contribution in [1.29, 1.82) is 0 Å². The third-order valence-electron chi connectivity index (χ3n) is 3.45. The first-order valence-corrected chi connectivity index (χ1v) is 5.60. The SMILES string of the molecule is C=CC(C)(C)C(O)(CO)Cc1ccccc1O. The lowest BCUT2D eigenvalue weighted by atomic mass is 9.72. The van der Waals surface area contributed by atoms with Gasteiger partial charge in [-0.3, -0.25) is 0 Å². The summed E-state index contributed by atoms with van der Waals surface area (Å²) in [6.07, 6.45) is 1.79. The van der Waals surface area contributed by atoms with E-state index in [1.54, 1.807) is 44.2 Å². The Morgan fingerprint density at radius 1 is 1.29 bits per heavy atom. The van der Waals surface area contributed by atoms with E-state index in [0.29, 0.717) is 5.56 Å². The van der Waals surface area contributed by atoms with Gasteiger partial charge in [0.15, 0.2) is 0 Å². The van der Waals surface area contributed by atoms with Gasteiger partial charge in [0.05, 0.1) is 6.61 Å². The van der Waals surface area contributed by atoms with Crippen LogP contribution in [0.15, 0.2) is 36.9 Å². The molecule has 0 aliphatic carbocycles. The molecule has 0 saturated heterocycles. The zero-order valence-electron chi connectivity index (χ0n) is 10.3. The molecule has 1 aromatic carbocycles. The molecule has 94 valence electrons. The van der Waals surface area contributed by atoms with Crippen molar-refractivity contribution in [3.8, 4) is 5.75 Å². The van der Waals surface area contributed by atoms with Crippen LogP contribution in [0.3, 0.4) is 0 Å².